The van der Waals surface area contributed by atoms with Gasteiger partial charge in [0.1, 0.15) is 10.9 Å². The summed E-state index contributed by atoms with van der Waals surface area (Å²) in [7, 11) is 0. The first-order chi connectivity index (χ1) is 11.0. The van der Waals surface area contributed by atoms with E-state index in [1.165, 1.54) is 0 Å². The highest BCUT2D eigenvalue weighted by Crippen LogP contribution is 2.35. The molecule has 0 aliphatic carbocycles. The maximum absolute atomic E-state index is 12.2. The van der Waals surface area contributed by atoms with Crippen molar-refractivity contribution in [3.63, 3.8) is 0 Å². The van der Waals surface area contributed by atoms with E-state index in [4.69, 9.17) is 17.3 Å². The molecule has 0 spiro atoms. The molecule has 4 nitrogen and oxygen atoms in total. The number of thiocarbonyl (C=S) groups is 1. The molecule has 116 valence electrons. The van der Waals surface area contributed by atoms with Crippen LogP contribution < -0.4 is 0 Å². The van der Waals surface area contributed by atoms with Gasteiger partial charge < -0.3 is 5.11 Å². The van der Waals surface area contributed by atoms with Crippen LogP contribution in [0.1, 0.15) is 4.88 Å². The van der Waals surface area contributed by atoms with Crippen LogP contribution in [0.5, 0.6) is 0 Å². The Kier molecular flexibility index (Phi) is 4.61. The summed E-state index contributed by atoms with van der Waals surface area (Å²) in [5.74, 6) is -1.43. The molecule has 1 aromatic heterocycles. The average molecular weight is 361 g/mol. The smallest absolute Gasteiger partial charge is 0.323 e. The van der Waals surface area contributed by atoms with Crippen LogP contribution in [0, 0.1) is 0 Å². The molecule has 2 heterocycles. The van der Waals surface area contributed by atoms with Crippen LogP contribution in [0.3, 0.4) is 0 Å². The van der Waals surface area contributed by atoms with Gasteiger partial charge in [-0.25, -0.2) is 0 Å². The number of carboxylic acid groups (broad SMARTS) is 1. The van der Waals surface area contributed by atoms with Gasteiger partial charge in [0.25, 0.3) is 5.91 Å². The number of hydrogen-bond donors (Lipinski definition) is 1. The predicted molar refractivity (Wildman–Crippen MR) is 97.3 cm³/mol. The molecular weight excluding hydrogens is 350 g/mol. The number of aliphatic carboxylic acids is 1. The van der Waals surface area contributed by atoms with Crippen molar-refractivity contribution in [1.29, 1.82) is 0 Å². The van der Waals surface area contributed by atoms with Gasteiger partial charge in [0.2, 0.25) is 0 Å². The van der Waals surface area contributed by atoms with Crippen molar-refractivity contribution in [1.82, 2.24) is 4.90 Å². The zero-order chi connectivity index (χ0) is 16.4. The van der Waals surface area contributed by atoms with E-state index in [2.05, 4.69) is 0 Å². The van der Waals surface area contributed by atoms with Crippen molar-refractivity contribution >= 4 is 57.6 Å². The second-order valence-electron chi connectivity index (χ2n) is 4.73. The number of thioether (sulfide) groups is 1. The van der Waals surface area contributed by atoms with Crippen molar-refractivity contribution in [3.8, 4) is 10.4 Å². The number of hydrogen-bond acceptors (Lipinski definition) is 5. The summed E-state index contributed by atoms with van der Waals surface area (Å²) in [5, 5.41) is 8.83. The van der Waals surface area contributed by atoms with Crippen molar-refractivity contribution in [2.75, 3.05) is 6.54 Å². The van der Waals surface area contributed by atoms with E-state index in [1.54, 1.807) is 17.4 Å². The summed E-state index contributed by atoms with van der Waals surface area (Å²) in [4.78, 5) is 26.6. The number of carbonyl (C=O) groups is 2. The van der Waals surface area contributed by atoms with Crippen LogP contribution in [0.4, 0.5) is 0 Å². The number of benzene rings is 1. The van der Waals surface area contributed by atoms with Gasteiger partial charge in [0.15, 0.2) is 0 Å². The van der Waals surface area contributed by atoms with Crippen LogP contribution in [-0.2, 0) is 9.59 Å². The zero-order valence-corrected chi connectivity index (χ0v) is 14.2. The van der Waals surface area contributed by atoms with Crippen molar-refractivity contribution in [2.45, 2.75) is 0 Å². The van der Waals surface area contributed by atoms with Crippen molar-refractivity contribution < 1.29 is 14.7 Å². The second kappa shape index (κ2) is 6.66. The first-order valence-corrected chi connectivity index (χ1v) is 8.71. The highest BCUT2D eigenvalue weighted by atomic mass is 32.2. The first kappa shape index (κ1) is 15.9. The maximum atomic E-state index is 12.2. The number of nitrogens with zero attached hydrogens (tertiary/aromatic N) is 1. The van der Waals surface area contributed by atoms with Crippen LogP contribution in [0.15, 0.2) is 47.4 Å². The summed E-state index contributed by atoms with van der Waals surface area (Å²) >= 11 is 7.79. The second-order valence-corrected chi connectivity index (χ2v) is 7.52. The lowest BCUT2D eigenvalue weighted by Crippen LogP contribution is -2.33. The van der Waals surface area contributed by atoms with Gasteiger partial charge in [0, 0.05) is 9.75 Å². The molecule has 0 saturated carbocycles. The number of rotatable bonds is 4. The van der Waals surface area contributed by atoms with E-state index < -0.39 is 12.5 Å². The molecular formula is C16H11NO3S3. The standard InChI is InChI=1S/C16H11NO3S3/c18-14(19)9-17-15(20)13(23-16(17)21)8-11-6-7-12(22-11)10-4-2-1-3-5-10/h1-8H,9H2,(H,18,19)/b13-8+. The Morgan fingerprint density at radius 3 is 2.65 bits per heavy atom. The topological polar surface area (TPSA) is 57.6 Å². The largest absolute Gasteiger partial charge is 0.480 e. The Morgan fingerprint density at radius 2 is 1.96 bits per heavy atom. The maximum Gasteiger partial charge on any atom is 0.323 e. The molecule has 0 atom stereocenters. The van der Waals surface area contributed by atoms with Gasteiger partial charge >= 0.3 is 5.97 Å². The van der Waals surface area contributed by atoms with Crippen LogP contribution >= 0.6 is 35.3 Å². The number of thiophene rings is 1. The summed E-state index contributed by atoms with van der Waals surface area (Å²) in [6.45, 7) is -0.401. The van der Waals surface area contributed by atoms with Crippen molar-refractivity contribution in [2.24, 2.45) is 0 Å². The minimum atomic E-state index is -1.08. The molecule has 0 radical (unpaired) electrons. The Balaban J connectivity index is 1.83. The Morgan fingerprint density at radius 1 is 1.22 bits per heavy atom. The fourth-order valence-electron chi connectivity index (χ4n) is 2.09. The molecule has 7 heteroatoms. The third kappa shape index (κ3) is 3.52. The monoisotopic (exact) mass is 361 g/mol. The van der Waals surface area contributed by atoms with E-state index in [9.17, 15) is 9.59 Å². The SMILES string of the molecule is O=C(O)CN1C(=O)/C(=C\c2ccc(-c3ccccc3)s2)SC1=S. The van der Waals surface area contributed by atoms with E-state index in [-0.39, 0.29) is 10.2 Å². The lowest BCUT2D eigenvalue weighted by atomic mass is 10.2. The molecule has 3 rings (SSSR count). The highest BCUT2D eigenvalue weighted by molar-refractivity contribution is 8.26. The van der Waals surface area contributed by atoms with E-state index in [1.807, 2.05) is 42.5 Å². The molecule has 2 aromatic rings. The average Bonchev–Trinajstić information content (AvgIpc) is 3.09. The number of amides is 1. The molecule has 1 fully saturated rings. The predicted octanol–water partition coefficient (Wildman–Crippen LogP) is 3.70. The van der Waals surface area contributed by atoms with Crippen LogP contribution in [0.2, 0.25) is 0 Å². The molecule has 1 aromatic carbocycles. The Bertz CT molecular complexity index is 811. The molecule has 0 bridgehead atoms. The molecule has 1 N–H and O–H groups in total. The third-order valence-electron chi connectivity index (χ3n) is 3.13. The third-order valence-corrected chi connectivity index (χ3v) is 5.58. The number of carbonyl (C=O) groups excluding carboxylic acids is 1. The summed E-state index contributed by atoms with van der Waals surface area (Å²) in [5.41, 5.74) is 1.12. The van der Waals surface area contributed by atoms with Gasteiger partial charge in [-0.1, -0.05) is 54.3 Å². The van der Waals surface area contributed by atoms with Gasteiger partial charge in [-0.2, -0.15) is 0 Å². The minimum Gasteiger partial charge on any atom is -0.480 e. The summed E-state index contributed by atoms with van der Waals surface area (Å²) in [6.07, 6.45) is 1.76. The van der Waals surface area contributed by atoms with Crippen LogP contribution in [-0.4, -0.2) is 32.7 Å². The lowest BCUT2D eigenvalue weighted by molar-refractivity contribution is -0.140. The molecule has 1 aliphatic rings. The summed E-state index contributed by atoms with van der Waals surface area (Å²) in [6, 6.07) is 13.9. The van der Waals surface area contributed by atoms with Gasteiger partial charge in [-0.05, 0) is 23.8 Å². The van der Waals surface area contributed by atoms with Gasteiger partial charge in [-0.15, -0.1) is 11.3 Å². The fourth-order valence-corrected chi connectivity index (χ4v) is 4.37. The molecule has 23 heavy (non-hydrogen) atoms. The molecule has 1 saturated heterocycles. The van der Waals surface area contributed by atoms with Crippen molar-refractivity contribution in [3.05, 3.63) is 52.2 Å². The van der Waals surface area contributed by atoms with E-state index >= 15 is 0 Å². The van der Waals surface area contributed by atoms with Gasteiger partial charge in [-0.3, -0.25) is 14.5 Å². The molecule has 1 amide bonds. The Hall–Kier alpha value is -1.96. The molecule has 0 unspecified atom stereocenters. The minimum absolute atomic E-state index is 0.281. The summed E-state index contributed by atoms with van der Waals surface area (Å²) < 4.78 is 0.281. The first-order valence-electron chi connectivity index (χ1n) is 6.67. The van der Waals surface area contributed by atoms with E-state index in [0.29, 0.717) is 4.91 Å². The quantitative estimate of drug-likeness (QED) is 0.665. The lowest BCUT2D eigenvalue weighted by Gasteiger charge is -2.09. The number of carboxylic acids is 1. The Labute approximate surface area is 146 Å². The zero-order valence-electron chi connectivity index (χ0n) is 11.8. The van der Waals surface area contributed by atoms with Crippen LogP contribution in [0.25, 0.3) is 16.5 Å². The highest BCUT2D eigenvalue weighted by Gasteiger charge is 2.33. The van der Waals surface area contributed by atoms with E-state index in [0.717, 1.165) is 32.0 Å². The normalized spacial score (nSPS) is 16.3. The fraction of sp³-hybridized carbons (Fsp3) is 0.0625. The van der Waals surface area contributed by atoms with Gasteiger partial charge in [0.05, 0.1) is 4.91 Å². The molecule has 1 aliphatic heterocycles.